The largest absolute Gasteiger partial charge is 0.506 e. The van der Waals surface area contributed by atoms with Crippen molar-refractivity contribution >= 4 is 21.7 Å². The molecule has 0 aliphatic carbocycles. The maximum atomic E-state index is 11.3. The molecule has 0 saturated heterocycles. The molecule has 72 valence electrons. The third-order valence-electron chi connectivity index (χ3n) is 1.86. The summed E-state index contributed by atoms with van der Waals surface area (Å²) in [4.78, 5) is 11.3. The van der Waals surface area contributed by atoms with Gasteiger partial charge in [0.25, 0.3) is 0 Å². The van der Waals surface area contributed by atoms with Crippen LogP contribution in [0.15, 0.2) is 12.1 Å². The fourth-order valence-electron chi connectivity index (χ4n) is 1.10. The van der Waals surface area contributed by atoms with E-state index >= 15 is 0 Å². The summed E-state index contributed by atoms with van der Waals surface area (Å²) in [5.41, 5.74) is 1.11. The number of nitriles is 1. The van der Waals surface area contributed by atoms with E-state index in [4.69, 9.17) is 5.26 Å². The first-order chi connectivity index (χ1) is 6.60. The highest BCUT2D eigenvalue weighted by atomic mass is 79.9. The van der Waals surface area contributed by atoms with E-state index in [1.54, 1.807) is 13.0 Å². The Balaban J connectivity index is 3.32. The molecule has 0 fully saturated rings. The number of ketones is 1. The Hall–Kier alpha value is -1.34. The molecule has 1 aromatic rings. The number of aryl methyl sites for hydroxylation is 1. The summed E-state index contributed by atoms with van der Waals surface area (Å²) in [5, 5.41) is 18.3. The average molecular weight is 254 g/mol. The molecule has 0 aliphatic heterocycles. The lowest BCUT2D eigenvalue weighted by Gasteiger charge is -2.03. The minimum Gasteiger partial charge on any atom is -0.506 e. The molecule has 0 aliphatic rings. The molecule has 0 spiro atoms. The summed E-state index contributed by atoms with van der Waals surface area (Å²) < 4.78 is 0. The molecule has 3 nitrogen and oxygen atoms in total. The maximum absolute atomic E-state index is 11.3. The van der Waals surface area contributed by atoms with Crippen molar-refractivity contribution in [3.05, 3.63) is 28.8 Å². The number of benzene rings is 1. The number of hydrogen-bond donors (Lipinski definition) is 1. The number of carbonyl (C=O) groups is 1. The predicted molar refractivity (Wildman–Crippen MR) is 55.7 cm³/mol. The van der Waals surface area contributed by atoms with E-state index in [0.29, 0.717) is 11.1 Å². The normalized spacial score (nSPS) is 9.50. The first kappa shape index (κ1) is 10.7. The Kier molecular flexibility index (Phi) is 3.26. The highest BCUT2D eigenvalue weighted by molar-refractivity contribution is 9.09. The number of hydrogen-bond acceptors (Lipinski definition) is 3. The number of halogens is 1. The molecule has 0 amide bonds. The molecule has 14 heavy (non-hydrogen) atoms. The topological polar surface area (TPSA) is 61.1 Å². The van der Waals surface area contributed by atoms with Gasteiger partial charge in [-0.15, -0.1) is 0 Å². The average Bonchev–Trinajstić information content (AvgIpc) is 2.20. The quantitative estimate of drug-likeness (QED) is 0.649. The number of phenolic OH excluding ortho intramolecular Hbond substituents is 1. The zero-order valence-electron chi connectivity index (χ0n) is 7.54. The van der Waals surface area contributed by atoms with E-state index in [9.17, 15) is 9.90 Å². The molecule has 0 heterocycles. The van der Waals surface area contributed by atoms with E-state index in [2.05, 4.69) is 15.9 Å². The van der Waals surface area contributed by atoms with Crippen LogP contribution in [0.4, 0.5) is 0 Å². The van der Waals surface area contributed by atoms with Crippen LogP contribution >= 0.6 is 15.9 Å². The SMILES string of the molecule is Cc1cc(C(=O)CBr)cc(C#N)c1O. The lowest BCUT2D eigenvalue weighted by Crippen LogP contribution is -2.01. The Bertz CT molecular complexity index is 421. The molecular weight excluding hydrogens is 246 g/mol. The summed E-state index contributed by atoms with van der Waals surface area (Å²) in [6.07, 6.45) is 0. The highest BCUT2D eigenvalue weighted by Crippen LogP contribution is 2.23. The number of phenols is 1. The van der Waals surface area contributed by atoms with Gasteiger partial charge in [-0.25, -0.2) is 0 Å². The van der Waals surface area contributed by atoms with Gasteiger partial charge in [-0.3, -0.25) is 4.79 Å². The Labute approximate surface area is 90.1 Å². The van der Waals surface area contributed by atoms with Gasteiger partial charge in [0, 0.05) is 5.56 Å². The van der Waals surface area contributed by atoms with E-state index in [0.717, 1.165) is 0 Å². The third kappa shape index (κ3) is 1.94. The van der Waals surface area contributed by atoms with Gasteiger partial charge in [0.15, 0.2) is 5.78 Å². The van der Waals surface area contributed by atoms with Crippen molar-refractivity contribution in [3.8, 4) is 11.8 Å². The zero-order valence-corrected chi connectivity index (χ0v) is 9.13. The summed E-state index contributed by atoms with van der Waals surface area (Å²) >= 11 is 3.05. The first-order valence-corrected chi connectivity index (χ1v) is 5.05. The van der Waals surface area contributed by atoms with Gasteiger partial charge >= 0.3 is 0 Å². The fourth-order valence-corrected chi connectivity index (χ4v) is 1.43. The molecule has 4 heteroatoms. The zero-order chi connectivity index (χ0) is 10.7. The summed E-state index contributed by atoms with van der Waals surface area (Å²) in [5.74, 6) is -0.164. The molecule has 0 aromatic heterocycles. The number of alkyl halides is 1. The summed E-state index contributed by atoms with van der Waals surface area (Å²) in [6.45, 7) is 1.65. The first-order valence-electron chi connectivity index (χ1n) is 3.93. The van der Waals surface area contributed by atoms with Gasteiger partial charge < -0.3 is 5.11 Å². The maximum Gasteiger partial charge on any atom is 0.173 e. The predicted octanol–water partition coefficient (Wildman–Crippen LogP) is 2.15. The number of aromatic hydroxyl groups is 1. The van der Waals surface area contributed by atoms with Crippen LogP contribution in [0, 0.1) is 18.3 Å². The molecule has 1 aromatic carbocycles. The minimum atomic E-state index is -0.107. The fraction of sp³-hybridized carbons (Fsp3) is 0.200. The van der Waals surface area contributed by atoms with Crippen LogP contribution in [0.3, 0.4) is 0 Å². The summed E-state index contributed by atoms with van der Waals surface area (Å²) in [7, 11) is 0. The van der Waals surface area contributed by atoms with Crippen LogP contribution in [0.2, 0.25) is 0 Å². The van der Waals surface area contributed by atoms with Crippen LogP contribution < -0.4 is 0 Å². The second-order valence-corrected chi connectivity index (χ2v) is 3.42. The van der Waals surface area contributed by atoms with Crippen LogP contribution in [0.25, 0.3) is 0 Å². The van der Waals surface area contributed by atoms with Crippen molar-refractivity contribution in [2.45, 2.75) is 6.92 Å². The Morgan fingerprint density at radius 3 is 2.79 bits per heavy atom. The molecule has 1 N–H and O–H groups in total. The second-order valence-electron chi connectivity index (χ2n) is 2.86. The smallest absolute Gasteiger partial charge is 0.173 e. The van der Waals surface area contributed by atoms with Crippen molar-refractivity contribution in [1.29, 1.82) is 5.26 Å². The number of rotatable bonds is 2. The standard InChI is InChI=1S/C10H8BrNO2/c1-6-2-7(9(13)4-11)3-8(5-12)10(6)14/h2-3,14H,4H2,1H3. The Morgan fingerprint density at radius 2 is 2.29 bits per heavy atom. The lowest BCUT2D eigenvalue weighted by atomic mass is 10.0. The van der Waals surface area contributed by atoms with Gasteiger partial charge in [-0.2, -0.15) is 5.26 Å². The van der Waals surface area contributed by atoms with E-state index < -0.39 is 0 Å². The van der Waals surface area contributed by atoms with E-state index in [-0.39, 0.29) is 22.4 Å². The Morgan fingerprint density at radius 1 is 1.64 bits per heavy atom. The van der Waals surface area contributed by atoms with Gasteiger partial charge in [0.1, 0.15) is 11.8 Å². The highest BCUT2D eigenvalue weighted by Gasteiger charge is 2.10. The van der Waals surface area contributed by atoms with Crippen LogP contribution in [-0.2, 0) is 0 Å². The number of carbonyl (C=O) groups excluding carboxylic acids is 1. The molecular formula is C10H8BrNO2. The van der Waals surface area contributed by atoms with Crippen LogP contribution in [0.5, 0.6) is 5.75 Å². The minimum absolute atomic E-state index is 0.0568. The van der Waals surface area contributed by atoms with Gasteiger partial charge in [0.2, 0.25) is 0 Å². The molecule has 0 bridgehead atoms. The van der Waals surface area contributed by atoms with Crippen molar-refractivity contribution in [2.75, 3.05) is 5.33 Å². The van der Waals surface area contributed by atoms with Crippen molar-refractivity contribution in [1.82, 2.24) is 0 Å². The van der Waals surface area contributed by atoms with E-state index in [1.165, 1.54) is 6.07 Å². The van der Waals surface area contributed by atoms with Crippen molar-refractivity contribution in [3.63, 3.8) is 0 Å². The molecule has 0 atom stereocenters. The number of Topliss-reactive ketones (excluding diaryl/α,β-unsaturated/α-hetero) is 1. The lowest BCUT2D eigenvalue weighted by molar-refractivity contribution is 0.102. The van der Waals surface area contributed by atoms with Gasteiger partial charge in [-0.1, -0.05) is 15.9 Å². The van der Waals surface area contributed by atoms with Crippen molar-refractivity contribution in [2.24, 2.45) is 0 Å². The van der Waals surface area contributed by atoms with Crippen LogP contribution in [-0.4, -0.2) is 16.2 Å². The molecule has 1 rings (SSSR count). The molecule has 0 saturated carbocycles. The number of nitrogens with zero attached hydrogens (tertiary/aromatic N) is 1. The van der Waals surface area contributed by atoms with E-state index in [1.807, 2.05) is 6.07 Å². The third-order valence-corrected chi connectivity index (χ3v) is 2.37. The second kappa shape index (κ2) is 4.25. The van der Waals surface area contributed by atoms with Crippen LogP contribution in [0.1, 0.15) is 21.5 Å². The summed E-state index contributed by atoms with van der Waals surface area (Å²) in [6, 6.07) is 4.80. The molecule has 0 radical (unpaired) electrons. The molecule has 0 unspecified atom stereocenters. The van der Waals surface area contributed by atoms with Gasteiger partial charge in [-0.05, 0) is 24.6 Å². The van der Waals surface area contributed by atoms with Crippen molar-refractivity contribution < 1.29 is 9.90 Å². The monoisotopic (exact) mass is 253 g/mol. The van der Waals surface area contributed by atoms with Gasteiger partial charge in [0.05, 0.1) is 10.9 Å².